The van der Waals surface area contributed by atoms with Crippen LogP contribution in [0.15, 0.2) is 90.4 Å². The summed E-state index contributed by atoms with van der Waals surface area (Å²) in [6.07, 6.45) is 14.9. The van der Waals surface area contributed by atoms with Crippen LogP contribution in [0.5, 0.6) is 11.8 Å². The highest BCUT2D eigenvalue weighted by Crippen LogP contribution is 2.53. The number of pyridine rings is 1. The van der Waals surface area contributed by atoms with Crippen LogP contribution in [0.3, 0.4) is 0 Å². The number of aliphatic hydroxyl groups is 1. The van der Waals surface area contributed by atoms with Gasteiger partial charge in [0.2, 0.25) is 5.91 Å². The van der Waals surface area contributed by atoms with Gasteiger partial charge in [-0.15, -0.1) is 0 Å². The number of aryl methyl sites for hydroxylation is 1. The molecule has 1 aliphatic carbocycles. The number of unbranched alkanes of at least 4 members (excludes halogenated alkanes) is 1. The van der Waals surface area contributed by atoms with Crippen molar-refractivity contribution in [1.29, 1.82) is 0 Å². The first-order valence-electron chi connectivity index (χ1n) is 29.0. The van der Waals surface area contributed by atoms with E-state index in [0.717, 1.165) is 160 Å². The lowest BCUT2D eigenvalue weighted by molar-refractivity contribution is -0.125. The topological polar surface area (TPSA) is 193 Å². The summed E-state index contributed by atoms with van der Waals surface area (Å²) in [5.74, 6) is 1.87. The second kappa shape index (κ2) is 22.9. The highest BCUT2D eigenvalue weighted by atomic mass is 16.5. The molecule has 3 unspecified atom stereocenters. The number of anilines is 1. The number of fused-ring (bicyclic) bond motifs is 7. The molecule has 416 valence electrons. The smallest absolute Gasteiger partial charge is 0.319 e. The molecule has 3 aliphatic heterocycles. The lowest BCUT2D eigenvalue weighted by Gasteiger charge is -2.31. The fourth-order valence-corrected chi connectivity index (χ4v) is 12.7. The molecule has 2 bridgehead atoms. The van der Waals surface area contributed by atoms with Crippen molar-refractivity contribution in [2.75, 3.05) is 50.9 Å². The number of piperazine rings is 1. The number of H-pyrrole nitrogens is 1. The van der Waals surface area contributed by atoms with Crippen LogP contribution in [-0.4, -0.2) is 122 Å². The van der Waals surface area contributed by atoms with Crippen molar-refractivity contribution in [3.63, 3.8) is 0 Å². The normalized spacial score (nSPS) is 18.5. The molecule has 1 saturated carbocycles. The van der Waals surface area contributed by atoms with Crippen LogP contribution in [0.1, 0.15) is 125 Å². The number of benzene rings is 4. The number of hydrogen-bond donors (Lipinski definition) is 4. The predicted molar refractivity (Wildman–Crippen MR) is 315 cm³/mol. The number of allylic oxidation sites excluding steroid dienone is 1. The van der Waals surface area contributed by atoms with Gasteiger partial charge in [0.1, 0.15) is 30.1 Å². The van der Waals surface area contributed by atoms with Gasteiger partial charge in [-0.3, -0.25) is 24.6 Å². The summed E-state index contributed by atoms with van der Waals surface area (Å²) in [5, 5.41) is 39.8. The Balaban J connectivity index is 0.805. The second-order valence-corrected chi connectivity index (χ2v) is 22.6. The summed E-state index contributed by atoms with van der Waals surface area (Å²) < 4.78 is 21.6. The SMILES string of the molecule is C=NN(CC)/C(=C\C)c1ccc([C@H](CO)CCCCNC(=O)C(C(C)C)n2ncc3c4ccc(COc5c(-c6c(C)ccc7[nH]ncc67)c(C6CC6)cc6c(N7CC8CC7CN8)nc(OC7CCOCC7)nc56)cc4ncc32)cc1. The van der Waals surface area contributed by atoms with E-state index >= 15 is 0 Å². The van der Waals surface area contributed by atoms with E-state index in [1.807, 2.05) is 48.2 Å². The van der Waals surface area contributed by atoms with Crippen LogP contribution in [0.25, 0.3) is 60.4 Å². The Morgan fingerprint density at radius 3 is 2.55 bits per heavy atom. The van der Waals surface area contributed by atoms with Crippen molar-refractivity contribution >= 4 is 67.8 Å². The lowest BCUT2D eigenvalue weighted by Crippen LogP contribution is -2.44. The van der Waals surface area contributed by atoms with Crippen molar-refractivity contribution in [3.8, 4) is 22.9 Å². The standard InChI is InChI=1S/C63H74N12O5/c1-7-54(74(8-2)64-6)42-18-14-40(15-19-42)43(35-76)11-9-10-24-65-62(77)59(37(3)4)75-55-33-67-53-27-39(13-20-47(53)50(55)32-69-75)36-79-60-57(56-38(5)12-21-52-51(56)31-68-72-52)48(41-16-17-41)29-49-58(60)70-63(80-46-22-25-78-26-23-46)71-61(49)73-34-44-28-45(73)30-66-44/h7,12-15,18-21,27,29,31-33,37,41,43-46,59,66,76H,6,8-11,16-17,22-26,28,30,34-36H2,1-5H3,(H,65,77)(H,68,72)/b54-7-/t43-,44?,45?,59?/m0/s1. The molecule has 8 aromatic rings. The minimum Gasteiger partial charge on any atom is -0.486 e. The third kappa shape index (κ3) is 10.3. The maximum absolute atomic E-state index is 14.1. The minimum atomic E-state index is -0.540. The number of amides is 1. The van der Waals surface area contributed by atoms with E-state index in [-0.39, 0.29) is 37.1 Å². The molecule has 4 aromatic carbocycles. The quantitative estimate of drug-likeness (QED) is 0.0285. The number of ether oxygens (including phenoxy) is 3. The summed E-state index contributed by atoms with van der Waals surface area (Å²) >= 11 is 0. The van der Waals surface area contributed by atoms with Gasteiger partial charge in [0.05, 0.1) is 54.1 Å². The molecule has 4 fully saturated rings. The van der Waals surface area contributed by atoms with Crippen molar-refractivity contribution in [3.05, 3.63) is 113 Å². The Labute approximate surface area is 467 Å². The summed E-state index contributed by atoms with van der Waals surface area (Å²) in [6, 6.07) is 21.8. The van der Waals surface area contributed by atoms with Gasteiger partial charge in [-0.05, 0) is 116 Å². The zero-order chi connectivity index (χ0) is 55.0. The number of aromatic amines is 1. The molecule has 80 heavy (non-hydrogen) atoms. The van der Waals surface area contributed by atoms with E-state index in [1.165, 1.54) is 5.56 Å². The average Bonchev–Trinajstić information content (AvgIpc) is 3.95. The second-order valence-electron chi connectivity index (χ2n) is 22.6. The number of carbonyl (C=O) groups excluding carboxylic acids is 1. The first-order chi connectivity index (χ1) is 39.1. The van der Waals surface area contributed by atoms with Gasteiger partial charge in [-0.1, -0.05) is 68.8 Å². The Morgan fingerprint density at radius 1 is 0.988 bits per heavy atom. The maximum atomic E-state index is 14.1. The van der Waals surface area contributed by atoms with Crippen molar-refractivity contribution in [1.82, 2.24) is 50.6 Å². The predicted octanol–water partition coefficient (Wildman–Crippen LogP) is 10.5. The first-order valence-corrected chi connectivity index (χ1v) is 29.0. The van der Waals surface area contributed by atoms with Gasteiger partial charge in [0.15, 0.2) is 5.75 Å². The molecule has 4 N–H and O–H groups in total. The third-order valence-electron chi connectivity index (χ3n) is 17.1. The van der Waals surface area contributed by atoms with Gasteiger partial charge in [0, 0.05) is 97.5 Å². The van der Waals surface area contributed by atoms with E-state index < -0.39 is 6.04 Å². The third-order valence-corrected chi connectivity index (χ3v) is 17.1. The molecular weight excluding hydrogens is 1000 g/mol. The number of carbonyl (C=O) groups is 1. The molecule has 17 heteroatoms. The maximum Gasteiger partial charge on any atom is 0.319 e. The first kappa shape index (κ1) is 53.2. The molecule has 4 aromatic heterocycles. The van der Waals surface area contributed by atoms with E-state index in [4.69, 9.17) is 34.3 Å². The van der Waals surface area contributed by atoms with Crippen LogP contribution in [0.4, 0.5) is 5.82 Å². The van der Waals surface area contributed by atoms with Gasteiger partial charge in [-0.25, -0.2) is 0 Å². The Kier molecular flexibility index (Phi) is 15.3. The van der Waals surface area contributed by atoms with Gasteiger partial charge < -0.3 is 34.9 Å². The highest BCUT2D eigenvalue weighted by molar-refractivity contribution is 6.07. The number of hydrogen-bond acceptors (Lipinski definition) is 14. The molecule has 1 amide bonds. The van der Waals surface area contributed by atoms with Crippen LogP contribution in [0, 0.1) is 12.8 Å². The fourth-order valence-electron chi connectivity index (χ4n) is 12.7. The lowest BCUT2D eigenvalue weighted by atomic mass is 9.89. The molecule has 4 aliphatic rings. The van der Waals surface area contributed by atoms with Crippen LogP contribution < -0.4 is 25.0 Å². The Hall–Kier alpha value is -7.47. The van der Waals surface area contributed by atoms with Gasteiger partial charge >= 0.3 is 6.01 Å². The number of aromatic nitrogens is 7. The molecule has 4 atom stereocenters. The zero-order valence-electron chi connectivity index (χ0n) is 46.8. The van der Waals surface area contributed by atoms with Crippen molar-refractivity contribution in [2.45, 2.75) is 129 Å². The van der Waals surface area contributed by atoms with Gasteiger partial charge in [0.25, 0.3) is 0 Å². The van der Waals surface area contributed by atoms with Crippen molar-refractivity contribution < 1.29 is 24.1 Å². The number of rotatable bonds is 22. The van der Waals surface area contributed by atoms with E-state index in [0.29, 0.717) is 49.5 Å². The van der Waals surface area contributed by atoms with E-state index in [2.05, 4.69) is 119 Å². The average molecular weight is 1080 g/mol. The number of nitrogens with one attached hydrogen (secondary N) is 3. The summed E-state index contributed by atoms with van der Waals surface area (Å²) in [5.41, 5.74) is 11.9. The van der Waals surface area contributed by atoms with Crippen LogP contribution >= 0.6 is 0 Å². The number of nitrogens with zero attached hydrogens (tertiary/aromatic N) is 9. The molecule has 12 rings (SSSR count). The van der Waals surface area contributed by atoms with Crippen LogP contribution in [0.2, 0.25) is 0 Å². The van der Waals surface area contributed by atoms with Crippen molar-refractivity contribution in [2.24, 2.45) is 11.0 Å². The van der Waals surface area contributed by atoms with Gasteiger partial charge in [-0.2, -0.15) is 25.3 Å². The van der Waals surface area contributed by atoms with Crippen LogP contribution in [-0.2, 0) is 16.1 Å². The summed E-state index contributed by atoms with van der Waals surface area (Å²) in [7, 11) is 0. The Bertz CT molecular complexity index is 3600. The fraction of sp³-hybridized carbons (Fsp3) is 0.444. The minimum absolute atomic E-state index is 0.00149. The molecule has 0 spiro atoms. The molecule has 17 nitrogen and oxygen atoms in total. The Morgan fingerprint density at radius 2 is 1.82 bits per heavy atom. The molecular formula is C63H74N12O5. The highest BCUT2D eigenvalue weighted by Gasteiger charge is 2.41. The zero-order valence-corrected chi connectivity index (χ0v) is 46.8. The summed E-state index contributed by atoms with van der Waals surface area (Å²) in [4.78, 5) is 32.2. The molecule has 3 saturated heterocycles. The molecule has 0 radical (unpaired) electrons. The van der Waals surface area contributed by atoms with E-state index in [9.17, 15) is 9.90 Å². The van der Waals surface area contributed by atoms with E-state index in [1.54, 1.807) is 0 Å². The molecule has 7 heterocycles. The number of aliphatic hydroxyl groups excluding tert-OH is 1. The summed E-state index contributed by atoms with van der Waals surface area (Å²) in [6.45, 7) is 18.7. The monoisotopic (exact) mass is 1080 g/mol. The number of hydrazone groups is 1. The largest absolute Gasteiger partial charge is 0.486 e.